The van der Waals surface area contributed by atoms with Crippen molar-refractivity contribution in [3.63, 3.8) is 0 Å². The molecule has 0 saturated carbocycles. The molecule has 3 N–H and O–H groups in total. The van der Waals surface area contributed by atoms with E-state index >= 15 is 0 Å². The van der Waals surface area contributed by atoms with Crippen molar-refractivity contribution in [2.24, 2.45) is 5.73 Å². The van der Waals surface area contributed by atoms with Crippen LogP contribution in [0, 0.1) is 0 Å². The van der Waals surface area contributed by atoms with E-state index in [1.165, 1.54) is 0 Å². The van der Waals surface area contributed by atoms with Gasteiger partial charge in [0.05, 0.1) is 16.7 Å². The average molecular weight is 448 g/mol. The van der Waals surface area contributed by atoms with Crippen molar-refractivity contribution >= 4 is 44.8 Å². The largest absolute Gasteiger partial charge is 0.376 e. The van der Waals surface area contributed by atoms with E-state index in [1.54, 1.807) is 0 Å². The Morgan fingerprint density at radius 1 is 0.947 bits per heavy atom. The molecule has 3 rings (SSSR count). The second-order valence-electron chi connectivity index (χ2n) is 4.01. The van der Waals surface area contributed by atoms with Gasteiger partial charge in [-0.2, -0.15) is 0 Å². The van der Waals surface area contributed by atoms with Crippen LogP contribution in [0.4, 0.5) is 5.69 Å². The summed E-state index contributed by atoms with van der Waals surface area (Å²) in [6, 6.07) is 15.9. The first-order chi connectivity index (χ1) is 8.75. The van der Waals surface area contributed by atoms with E-state index in [-0.39, 0.29) is 26.2 Å². The summed E-state index contributed by atoms with van der Waals surface area (Å²) in [6.07, 6.45) is 0. The molecule has 0 aliphatic heterocycles. The second-order valence-corrected chi connectivity index (χ2v) is 4.45. The van der Waals surface area contributed by atoms with Crippen molar-refractivity contribution < 1.29 is 21.1 Å². The van der Waals surface area contributed by atoms with Crippen molar-refractivity contribution in [1.29, 1.82) is 0 Å². The minimum absolute atomic E-state index is 0. The molecule has 1 heterocycles. The Bertz CT molecular complexity index is 704. The van der Waals surface area contributed by atoms with Crippen molar-refractivity contribution in [2.45, 2.75) is 0 Å². The number of anilines is 1. The van der Waals surface area contributed by atoms with Gasteiger partial charge in [-0.25, -0.2) is 4.98 Å². The number of fused-ring (bicyclic) bond motifs is 2. The van der Waals surface area contributed by atoms with Gasteiger partial charge in [0, 0.05) is 31.8 Å². The number of rotatable bonds is 1. The Kier molecular flexibility index (Phi) is 4.13. The number of para-hydroxylation sites is 2. The molecule has 98 valence electrons. The molecule has 5 heteroatoms. The fourth-order valence-electron chi connectivity index (χ4n) is 2.10. The molecule has 0 atom stereocenters. The number of hydrogen-bond donors (Lipinski definition) is 2. The molecule has 0 aliphatic rings. The van der Waals surface area contributed by atoms with Gasteiger partial charge in [0.1, 0.15) is 0 Å². The van der Waals surface area contributed by atoms with Gasteiger partial charge in [0.15, 0.2) is 5.11 Å². The molecule has 3 nitrogen and oxygen atoms in total. The number of nitrogens with zero attached hydrogens (tertiary/aromatic N) is 1. The van der Waals surface area contributed by atoms with Crippen LogP contribution in [-0.2, 0) is 21.1 Å². The Labute approximate surface area is 130 Å². The number of nitrogens with one attached hydrogen (secondary N) is 1. The maximum absolute atomic E-state index is 5.61. The predicted molar refractivity (Wildman–Crippen MR) is 79.7 cm³/mol. The minimum Gasteiger partial charge on any atom is -0.376 e. The van der Waals surface area contributed by atoms with Gasteiger partial charge in [-0.15, -0.1) is 0 Å². The number of nitrogens with two attached hydrogens (primary N) is 1. The van der Waals surface area contributed by atoms with E-state index in [4.69, 9.17) is 18.0 Å². The normalized spacial score (nSPS) is 10.1. The Balaban J connectivity index is 0.00000133. The molecule has 0 spiro atoms. The van der Waals surface area contributed by atoms with Gasteiger partial charge in [-0.1, -0.05) is 36.4 Å². The third kappa shape index (κ3) is 2.60. The van der Waals surface area contributed by atoms with Crippen LogP contribution in [-0.4, -0.2) is 10.1 Å². The van der Waals surface area contributed by atoms with E-state index in [0.717, 1.165) is 27.5 Å². The molecular formula is C14H11N3PtS. The second kappa shape index (κ2) is 5.64. The molecule has 0 amide bonds. The van der Waals surface area contributed by atoms with Gasteiger partial charge in [-0.3, -0.25) is 0 Å². The molecule has 0 aliphatic carbocycles. The van der Waals surface area contributed by atoms with Crippen LogP contribution in [0.25, 0.3) is 21.8 Å². The van der Waals surface area contributed by atoms with E-state index in [9.17, 15) is 0 Å². The molecular weight excluding hydrogens is 437 g/mol. The van der Waals surface area contributed by atoms with Gasteiger partial charge in [0.25, 0.3) is 0 Å². The summed E-state index contributed by atoms with van der Waals surface area (Å²) in [5.41, 5.74) is 8.38. The standard InChI is InChI=1S/C14H11N3S.Pt/c15-14(18)17-13-9-5-1-3-7-11(9)16-12-8-4-2-6-10(12)13;/h1-8H,(H3,15,16,17,18);. The number of benzene rings is 2. The molecule has 0 saturated heterocycles. The van der Waals surface area contributed by atoms with Crippen molar-refractivity contribution in [3.05, 3.63) is 48.5 Å². The van der Waals surface area contributed by atoms with Gasteiger partial charge < -0.3 is 11.1 Å². The fraction of sp³-hybridized carbons (Fsp3) is 0. The Hall–Kier alpha value is -1.51. The summed E-state index contributed by atoms with van der Waals surface area (Å²) in [6.45, 7) is 0. The smallest absolute Gasteiger partial charge is 0.168 e. The van der Waals surface area contributed by atoms with Crippen LogP contribution in [0.2, 0.25) is 0 Å². The van der Waals surface area contributed by atoms with E-state index in [1.807, 2.05) is 48.5 Å². The van der Waals surface area contributed by atoms with E-state index in [2.05, 4.69) is 10.3 Å². The monoisotopic (exact) mass is 448 g/mol. The third-order valence-corrected chi connectivity index (χ3v) is 2.94. The van der Waals surface area contributed by atoms with Crippen LogP contribution >= 0.6 is 12.2 Å². The zero-order chi connectivity index (χ0) is 12.5. The first kappa shape index (κ1) is 13.9. The third-order valence-electron chi connectivity index (χ3n) is 2.84. The first-order valence-corrected chi connectivity index (χ1v) is 6.00. The average Bonchev–Trinajstić information content (AvgIpc) is 2.38. The molecule has 1 aromatic heterocycles. The Morgan fingerprint density at radius 3 is 1.89 bits per heavy atom. The molecule has 0 radical (unpaired) electrons. The molecule has 0 fully saturated rings. The summed E-state index contributed by atoms with van der Waals surface area (Å²) in [4.78, 5) is 4.62. The molecule has 19 heavy (non-hydrogen) atoms. The number of pyridine rings is 1. The predicted octanol–water partition coefficient (Wildman–Crippen LogP) is 3.04. The van der Waals surface area contributed by atoms with E-state index < -0.39 is 0 Å². The summed E-state index contributed by atoms with van der Waals surface area (Å²) >= 11 is 4.95. The molecule has 2 aromatic carbocycles. The van der Waals surface area contributed by atoms with Crippen LogP contribution in [0.5, 0.6) is 0 Å². The molecule has 3 aromatic rings. The topological polar surface area (TPSA) is 50.9 Å². The van der Waals surface area contributed by atoms with Gasteiger partial charge in [0.2, 0.25) is 0 Å². The molecule has 0 unspecified atom stereocenters. The van der Waals surface area contributed by atoms with Gasteiger partial charge >= 0.3 is 0 Å². The zero-order valence-electron chi connectivity index (χ0n) is 9.87. The molecule has 0 bridgehead atoms. The SMILES string of the molecule is NC(=S)Nc1c2ccccc2nc2ccccc12.[Pt]. The van der Waals surface area contributed by atoms with Crippen LogP contribution in [0.3, 0.4) is 0 Å². The first-order valence-electron chi connectivity index (χ1n) is 5.59. The Morgan fingerprint density at radius 2 is 1.42 bits per heavy atom. The maximum atomic E-state index is 5.61. The van der Waals surface area contributed by atoms with E-state index in [0.29, 0.717) is 0 Å². The minimum atomic E-state index is 0. The fourth-order valence-corrected chi connectivity index (χ4v) is 2.20. The quantitative estimate of drug-likeness (QED) is 0.444. The maximum Gasteiger partial charge on any atom is 0.168 e. The number of thiocarbonyl (C=S) groups is 1. The summed E-state index contributed by atoms with van der Waals surface area (Å²) in [5, 5.41) is 5.36. The van der Waals surface area contributed by atoms with Crippen molar-refractivity contribution in [3.8, 4) is 0 Å². The summed E-state index contributed by atoms with van der Waals surface area (Å²) in [7, 11) is 0. The summed E-state index contributed by atoms with van der Waals surface area (Å²) in [5.74, 6) is 0. The zero-order valence-corrected chi connectivity index (χ0v) is 13.0. The number of aromatic nitrogens is 1. The summed E-state index contributed by atoms with van der Waals surface area (Å²) < 4.78 is 0. The van der Waals surface area contributed by atoms with Crippen molar-refractivity contribution in [2.75, 3.05) is 5.32 Å². The van der Waals surface area contributed by atoms with Crippen LogP contribution < -0.4 is 11.1 Å². The van der Waals surface area contributed by atoms with Crippen LogP contribution in [0.15, 0.2) is 48.5 Å². The van der Waals surface area contributed by atoms with Crippen LogP contribution in [0.1, 0.15) is 0 Å². The number of hydrogen-bond acceptors (Lipinski definition) is 2. The van der Waals surface area contributed by atoms with Crippen molar-refractivity contribution in [1.82, 2.24) is 4.98 Å². The van der Waals surface area contributed by atoms with Gasteiger partial charge in [-0.05, 0) is 24.4 Å².